The summed E-state index contributed by atoms with van der Waals surface area (Å²) in [5, 5.41) is 0. The van der Waals surface area contributed by atoms with E-state index in [1.54, 1.807) is 6.07 Å². The Labute approximate surface area is 61.7 Å². The number of hydrogen-bond donors (Lipinski definition) is 1. The van der Waals surface area contributed by atoms with E-state index in [1.807, 2.05) is 0 Å². The normalized spacial score (nSPS) is 13.3. The van der Waals surface area contributed by atoms with E-state index in [2.05, 4.69) is 0 Å². The summed E-state index contributed by atoms with van der Waals surface area (Å²) in [6.07, 6.45) is 2.98. The largest absolute Gasteiger partial charge is 0.471 e. The fourth-order valence-electron chi connectivity index (χ4n) is 0.606. The Hall–Kier alpha value is -0.610. The van der Waals surface area contributed by atoms with Gasteiger partial charge < -0.3 is 10.2 Å². The van der Waals surface area contributed by atoms with Gasteiger partial charge in [-0.2, -0.15) is 0 Å². The fraction of sp³-hybridized carbons (Fsp3) is 0.333. The molecular weight excluding hydrogens is 150 g/mol. The number of nitrogens with two attached hydrogens (primary N) is 1. The molecule has 0 saturated heterocycles. The molecule has 1 unspecified atom stereocenters. The minimum absolute atomic E-state index is 0.442. The molecule has 4 heteroatoms. The van der Waals surface area contributed by atoms with Crippen molar-refractivity contribution < 1.29 is 8.63 Å². The van der Waals surface area contributed by atoms with Gasteiger partial charge in [-0.15, -0.1) is 0 Å². The van der Waals surface area contributed by atoms with E-state index in [4.69, 9.17) is 10.2 Å². The molecule has 0 bridgehead atoms. The summed E-state index contributed by atoms with van der Waals surface area (Å²) in [6.45, 7) is 0.442. The van der Waals surface area contributed by atoms with E-state index in [1.165, 1.54) is 12.5 Å². The topological polar surface area (TPSA) is 56.2 Å². The first-order chi connectivity index (χ1) is 4.84. The van der Waals surface area contributed by atoms with Gasteiger partial charge in [0.2, 0.25) is 0 Å². The predicted molar refractivity (Wildman–Crippen MR) is 39.0 cm³/mol. The lowest BCUT2D eigenvalue weighted by atomic mass is 10.7. The molecule has 1 aromatic rings. The van der Waals surface area contributed by atoms with Crippen molar-refractivity contribution in [3.05, 3.63) is 18.6 Å². The number of furan rings is 1. The first-order valence-corrected chi connectivity index (χ1v) is 4.27. The van der Waals surface area contributed by atoms with Gasteiger partial charge in [-0.25, -0.2) is 0 Å². The molecule has 0 saturated carbocycles. The summed E-state index contributed by atoms with van der Waals surface area (Å²) in [7, 11) is -0.971. The zero-order valence-corrected chi connectivity index (χ0v) is 6.26. The highest BCUT2D eigenvalue weighted by Crippen LogP contribution is 2.05. The summed E-state index contributed by atoms with van der Waals surface area (Å²) < 4.78 is 15.8. The van der Waals surface area contributed by atoms with Crippen molar-refractivity contribution in [2.24, 2.45) is 5.73 Å². The molecule has 1 heterocycles. The average molecular weight is 159 g/mol. The molecule has 0 aliphatic rings. The van der Waals surface area contributed by atoms with Crippen molar-refractivity contribution in [1.29, 1.82) is 0 Å². The minimum Gasteiger partial charge on any atom is -0.471 e. The second kappa shape index (κ2) is 3.53. The maximum atomic E-state index is 11.1. The van der Waals surface area contributed by atoms with Crippen molar-refractivity contribution in [3.63, 3.8) is 0 Å². The second-order valence-corrected chi connectivity index (χ2v) is 3.37. The molecule has 2 N–H and O–H groups in total. The van der Waals surface area contributed by atoms with Gasteiger partial charge in [0, 0.05) is 12.3 Å². The van der Waals surface area contributed by atoms with Gasteiger partial charge >= 0.3 is 0 Å². The van der Waals surface area contributed by atoms with Crippen LogP contribution in [0.25, 0.3) is 0 Å². The van der Waals surface area contributed by atoms with Crippen molar-refractivity contribution in [2.45, 2.75) is 4.90 Å². The molecule has 10 heavy (non-hydrogen) atoms. The maximum absolute atomic E-state index is 11.1. The summed E-state index contributed by atoms with van der Waals surface area (Å²) >= 11 is 0. The molecule has 1 atom stereocenters. The highest BCUT2D eigenvalue weighted by molar-refractivity contribution is 7.85. The molecule has 0 aromatic carbocycles. The van der Waals surface area contributed by atoms with Gasteiger partial charge in [-0.1, -0.05) is 0 Å². The van der Waals surface area contributed by atoms with Crippen LogP contribution in [-0.4, -0.2) is 16.5 Å². The Morgan fingerprint density at radius 1 is 1.70 bits per heavy atom. The monoisotopic (exact) mass is 159 g/mol. The van der Waals surface area contributed by atoms with Gasteiger partial charge in [0.15, 0.2) is 0 Å². The van der Waals surface area contributed by atoms with E-state index in [0.29, 0.717) is 17.2 Å². The first kappa shape index (κ1) is 7.50. The van der Waals surface area contributed by atoms with Gasteiger partial charge in [0.25, 0.3) is 0 Å². The lowest BCUT2D eigenvalue weighted by Crippen LogP contribution is -2.09. The van der Waals surface area contributed by atoms with E-state index < -0.39 is 10.8 Å². The van der Waals surface area contributed by atoms with Gasteiger partial charge in [-0.05, 0) is 6.07 Å². The third-order valence-electron chi connectivity index (χ3n) is 1.06. The average Bonchev–Trinajstić information content (AvgIpc) is 2.38. The lowest BCUT2D eigenvalue weighted by molar-refractivity contribution is 0.561. The van der Waals surface area contributed by atoms with E-state index in [-0.39, 0.29) is 0 Å². The van der Waals surface area contributed by atoms with Crippen LogP contribution in [0, 0.1) is 0 Å². The molecule has 0 amide bonds. The molecule has 0 aliphatic heterocycles. The predicted octanol–water partition coefficient (Wildman–Crippen LogP) is 0.346. The molecule has 0 radical (unpaired) electrons. The summed E-state index contributed by atoms with van der Waals surface area (Å²) in [6, 6.07) is 1.69. The zero-order chi connectivity index (χ0) is 7.40. The third-order valence-corrected chi connectivity index (χ3v) is 2.43. The van der Waals surface area contributed by atoms with Crippen LogP contribution in [0.5, 0.6) is 0 Å². The maximum Gasteiger partial charge on any atom is 0.106 e. The van der Waals surface area contributed by atoms with Gasteiger partial charge in [0.05, 0.1) is 22.0 Å². The fourth-order valence-corrected chi connectivity index (χ4v) is 1.43. The van der Waals surface area contributed by atoms with Crippen molar-refractivity contribution in [2.75, 3.05) is 12.3 Å². The van der Waals surface area contributed by atoms with Crippen LogP contribution >= 0.6 is 0 Å². The second-order valence-electron chi connectivity index (χ2n) is 1.80. The van der Waals surface area contributed by atoms with Crippen LogP contribution in [0.1, 0.15) is 0 Å². The van der Waals surface area contributed by atoms with Gasteiger partial charge in [-0.3, -0.25) is 4.21 Å². The first-order valence-electron chi connectivity index (χ1n) is 2.95. The smallest absolute Gasteiger partial charge is 0.106 e. The van der Waals surface area contributed by atoms with Crippen LogP contribution in [0.4, 0.5) is 0 Å². The standard InChI is InChI=1S/C6H9NO2S/c7-2-4-10(8)6-1-3-9-5-6/h1,3,5H,2,4,7H2. The Kier molecular flexibility index (Phi) is 2.65. The SMILES string of the molecule is NCCS(=O)c1ccoc1. The minimum atomic E-state index is -0.971. The van der Waals surface area contributed by atoms with Crippen LogP contribution in [0.15, 0.2) is 27.9 Å². The van der Waals surface area contributed by atoms with Crippen molar-refractivity contribution in [3.8, 4) is 0 Å². The van der Waals surface area contributed by atoms with Crippen LogP contribution in [0.3, 0.4) is 0 Å². The molecule has 56 valence electrons. The lowest BCUT2D eigenvalue weighted by Gasteiger charge is -1.92. The Bertz CT molecular complexity index is 208. The molecule has 1 aromatic heterocycles. The van der Waals surface area contributed by atoms with E-state index >= 15 is 0 Å². The molecular formula is C6H9NO2S. The highest BCUT2D eigenvalue weighted by Gasteiger charge is 2.01. The van der Waals surface area contributed by atoms with Crippen LogP contribution in [-0.2, 0) is 10.8 Å². The number of rotatable bonds is 3. The Balaban J connectivity index is 2.59. The highest BCUT2D eigenvalue weighted by atomic mass is 32.2. The molecule has 1 rings (SSSR count). The molecule has 0 spiro atoms. The summed E-state index contributed by atoms with van der Waals surface area (Å²) in [5.74, 6) is 0.500. The van der Waals surface area contributed by atoms with Crippen molar-refractivity contribution in [1.82, 2.24) is 0 Å². The van der Waals surface area contributed by atoms with E-state index in [0.717, 1.165) is 0 Å². The third kappa shape index (κ3) is 1.68. The molecule has 0 fully saturated rings. The number of hydrogen-bond acceptors (Lipinski definition) is 3. The van der Waals surface area contributed by atoms with E-state index in [9.17, 15) is 4.21 Å². The Morgan fingerprint density at radius 2 is 2.50 bits per heavy atom. The summed E-state index contributed by atoms with van der Waals surface area (Å²) in [4.78, 5) is 0.713. The summed E-state index contributed by atoms with van der Waals surface area (Å²) in [5.41, 5.74) is 5.21. The van der Waals surface area contributed by atoms with Gasteiger partial charge in [0.1, 0.15) is 6.26 Å². The molecule has 0 aliphatic carbocycles. The Morgan fingerprint density at radius 3 is 3.00 bits per heavy atom. The quantitative estimate of drug-likeness (QED) is 0.692. The van der Waals surface area contributed by atoms with Crippen LogP contribution in [0.2, 0.25) is 0 Å². The zero-order valence-electron chi connectivity index (χ0n) is 5.45. The van der Waals surface area contributed by atoms with Crippen LogP contribution < -0.4 is 5.73 Å². The molecule has 3 nitrogen and oxygen atoms in total. The van der Waals surface area contributed by atoms with Crippen molar-refractivity contribution >= 4 is 10.8 Å².